The van der Waals surface area contributed by atoms with Gasteiger partial charge in [0.25, 0.3) is 5.91 Å². The van der Waals surface area contributed by atoms with E-state index < -0.39 is 17.5 Å². The van der Waals surface area contributed by atoms with Crippen LogP contribution in [0.1, 0.15) is 16.7 Å². The molecule has 1 aliphatic rings. The number of methoxy groups -OCH3 is 1. The van der Waals surface area contributed by atoms with E-state index in [1.165, 1.54) is 6.21 Å². The number of hydrogen-bond acceptors (Lipinski definition) is 4. The van der Waals surface area contributed by atoms with Crippen molar-refractivity contribution < 1.29 is 14.3 Å². The zero-order valence-electron chi connectivity index (χ0n) is 15.8. The lowest BCUT2D eigenvalue weighted by atomic mass is 9.83. The Bertz CT molecular complexity index is 1010. The first-order chi connectivity index (χ1) is 14.1. The van der Waals surface area contributed by atoms with Crippen molar-refractivity contribution in [3.8, 4) is 5.75 Å². The third kappa shape index (κ3) is 3.25. The molecule has 3 aromatic rings. The lowest BCUT2D eigenvalue weighted by Gasteiger charge is -2.27. The van der Waals surface area contributed by atoms with Crippen molar-refractivity contribution >= 4 is 18.2 Å². The van der Waals surface area contributed by atoms with Gasteiger partial charge in [0.2, 0.25) is 0 Å². The monoisotopic (exact) mass is 385 g/mol. The normalized spacial score (nSPS) is 15.6. The Kier molecular flexibility index (Phi) is 4.83. The Hall–Kier alpha value is -3.93. The Balaban J connectivity index is 1.72. The Morgan fingerprint density at radius 3 is 1.93 bits per heavy atom. The number of carbonyl (C=O) groups excluding carboxylic acids is 2. The van der Waals surface area contributed by atoms with Gasteiger partial charge in [0.15, 0.2) is 5.54 Å². The summed E-state index contributed by atoms with van der Waals surface area (Å²) in [7, 11) is 1.59. The molecule has 3 aromatic carbocycles. The lowest BCUT2D eigenvalue weighted by Crippen LogP contribution is -2.44. The van der Waals surface area contributed by atoms with E-state index in [1.807, 2.05) is 60.7 Å². The van der Waals surface area contributed by atoms with Crippen molar-refractivity contribution in [1.29, 1.82) is 0 Å². The maximum atomic E-state index is 13.5. The van der Waals surface area contributed by atoms with E-state index >= 15 is 0 Å². The van der Waals surface area contributed by atoms with Crippen LogP contribution in [-0.4, -0.2) is 30.3 Å². The molecule has 0 saturated carbocycles. The minimum Gasteiger partial charge on any atom is -0.497 e. The highest BCUT2D eigenvalue weighted by Crippen LogP contribution is 2.36. The topological polar surface area (TPSA) is 71.0 Å². The van der Waals surface area contributed by atoms with Gasteiger partial charge >= 0.3 is 6.03 Å². The van der Waals surface area contributed by atoms with Crippen LogP contribution in [-0.2, 0) is 10.3 Å². The fraction of sp³-hybridized carbons (Fsp3) is 0.0870. The molecule has 1 aliphatic heterocycles. The predicted molar refractivity (Wildman–Crippen MR) is 110 cm³/mol. The van der Waals surface area contributed by atoms with Crippen LogP contribution in [0.2, 0.25) is 0 Å². The van der Waals surface area contributed by atoms with Gasteiger partial charge in [-0.15, -0.1) is 5.01 Å². The molecule has 1 N–H and O–H groups in total. The number of amides is 3. The largest absolute Gasteiger partial charge is 0.497 e. The van der Waals surface area contributed by atoms with Crippen LogP contribution < -0.4 is 10.1 Å². The summed E-state index contributed by atoms with van der Waals surface area (Å²) in [5, 5.41) is 7.90. The summed E-state index contributed by atoms with van der Waals surface area (Å²) in [6.07, 6.45) is 1.48. The van der Waals surface area contributed by atoms with Crippen LogP contribution in [0.15, 0.2) is 90.0 Å². The molecule has 0 unspecified atom stereocenters. The summed E-state index contributed by atoms with van der Waals surface area (Å²) in [6.45, 7) is 0. The van der Waals surface area contributed by atoms with E-state index in [4.69, 9.17) is 4.74 Å². The van der Waals surface area contributed by atoms with Crippen molar-refractivity contribution in [3.63, 3.8) is 0 Å². The third-order valence-corrected chi connectivity index (χ3v) is 4.85. The van der Waals surface area contributed by atoms with Crippen LogP contribution in [0.25, 0.3) is 0 Å². The number of urea groups is 1. The molecule has 1 saturated heterocycles. The van der Waals surface area contributed by atoms with E-state index in [2.05, 4.69) is 10.4 Å². The summed E-state index contributed by atoms with van der Waals surface area (Å²) in [5.41, 5.74) is 0.762. The summed E-state index contributed by atoms with van der Waals surface area (Å²) in [4.78, 5) is 26.2. The molecular formula is C23H19N3O3. The molecule has 0 bridgehead atoms. The summed E-state index contributed by atoms with van der Waals surface area (Å²) >= 11 is 0. The van der Waals surface area contributed by atoms with Crippen LogP contribution >= 0.6 is 0 Å². The van der Waals surface area contributed by atoms with Crippen molar-refractivity contribution in [2.24, 2.45) is 5.10 Å². The van der Waals surface area contributed by atoms with Crippen LogP contribution in [0.3, 0.4) is 0 Å². The minimum absolute atomic E-state index is 0.454. The summed E-state index contributed by atoms with van der Waals surface area (Å²) < 4.78 is 5.13. The number of hydrogen-bond donors (Lipinski definition) is 1. The zero-order valence-corrected chi connectivity index (χ0v) is 15.8. The Morgan fingerprint density at radius 1 is 0.862 bits per heavy atom. The first-order valence-electron chi connectivity index (χ1n) is 9.11. The average molecular weight is 385 g/mol. The predicted octanol–water partition coefficient (Wildman–Crippen LogP) is 3.52. The van der Waals surface area contributed by atoms with Gasteiger partial charge in [-0.05, 0) is 41.0 Å². The van der Waals surface area contributed by atoms with Crippen LogP contribution in [0.5, 0.6) is 5.75 Å². The first kappa shape index (κ1) is 18.4. The number of ether oxygens (including phenoxy) is 1. The maximum absolute atomic E-state index is 13.5. The Morgan fingerprint density at radius 2 is 1.41 bits per heavy atom. The molecule has 3 amide bonds. The number of benzene rings is 3. The highest BCUT2D eigenvalue weighted by Gasteiger charge is 2.54. The lowest BCUT2D eigenvalue weighted by molar-refractivity contribution is -0.130. The smallest absolute Gasteiger partial charge is 0.346 e. The molecule has 0 radical (unpaired) electrons. The third-order valence-electron chi connectivity index (χ3n) is 4.85. The van der Waals surface area contributed by atoms with E-state index in [9.17, 15) is 9.59 Å². The molecule has 4 rings (SSSR count). The van der Waals surface area contributed by atoms with E-state index in [0.717, 1.165) is 10.6 Å². The van der Waals surface area contributed by atoms with E-state index in [-0.39, 0.29) is 0 Å². The van der Waals surface area contributed by atoms with Gasteiger partial charge in [0.1, 0.15) is 5.75 Å². The van der Waals surface area contributed by atoms with Crippen LogP contribution in [0.4, 0.5) is 4.79 Å². The number of nitrogens with zero attached hydrogens (tertiary/aromatic N) is 2. The molecule has 29 heavy (non-hydrogen) atoms. The highest BCUT2D eigenvalue weighted by atomic mass is 16.5. The standard InChI is InChI=1S/C23H19N3O3/c1-29-20-14-12-17(13-15-20)16-24-26-21(27)23(25-22(26)28,18-8-4-2-5-9-18)19-10-6-3-7-11-19/h2-16H,1H3,(H,25,28)/b24-16+. The maximum Gasteiger partial charge on any atom is 0.346 e. The first-order valence-corrected chi connectivity index (χ1v) is 9.11. The number of imide groups is 1. The fourth-order valence-corrected chi connectivity index (χ4v) is 3.37. The van der Waals surface area contributed by atoms with Gasteiger partial charge < -0.3 is 10.1 Å². The van der Waals surface area contributed by atoms with Gasteiger partial charge in [-0.3, -0.25) is 4.79 Å². The van der Waals surface area contributed by atoms with Gasteiger partial charge in [0.05, 0.1) is 13.3 Å². The quantitative estimate of drug-likeness (QED) is 0.540. The van der Waals surface area contributed by atoms with E-state index in [0.29, 0.717) is 16.9 Å². The molecule has 0 aromatic heterocycles. The molecule has 6 nitrogen and oxygen atoms in total. The van der Waals surface area contributed by atoms with E-state index in [1.54, 1.807) is 31.4 Å². The number of nitrogens with one attached hydrogen (secondary N) is 1. The zero-order chi connectivity index (χ0) is 20.3. The highest BCUT2D eigenvalue weighted by molar-refractivity contribution is 6.09. The van der Waals surface area contributed by atoms with Gasteiger partial charge in [0, 0.05) is 0 Å². The van der Waals surface area contributed by atoms with Gasteiger partial charge in [-0.1, -0.05) is 60.7 Å². The molecular weight excluding hydrogens is 366 g/mol. The van der Waals surface area contributed by atoms with Crippen molar-refractivity contribution in [2.45, 2.75) is 5.54 Å². The molecule has 6 heteroatoms. The second kappa shape index (κ2) is 7.59. The molecule has 0 atom stereocenters. The SMILES string of the molecule is COc1ccc(/C=N/N2C(=O)NC(c3ccccc3)(c3ccccc3)C2=O)cc1. The molecule has 1 heterocycles. The summed E-state index contributed by atoms with van der Waals surface area (Å²) in [6, 6.07) is 24.9. The molecule has 0 aliphatic carbocycles. The number of hydrazone groups is 1. The fourth-order valence-electron chi connectivity index (χ4n) is 3.37. The molecule has 144 valence electrons. The Labute approximate surface area is 168 Å². The van der Waals surface area contributed by atoms with Crippen molar-refractivity contribution in [2.75, 3.05) is 7.11 Å². The van der Waals surface area contributed by atoms with Gasteiger partial charge in [-0.25, -0.2) is 4.79 Å². The molecule has 1 fully saturated rings. The number of carbonyl (C=O) groups is 2. The van der Waals surface area contributed by atoms with Gasteiger partial charge in [-0.2, -0.15) is 5.10 Å². The number of rotatable bonds is 5. The summed E-state index contributed by atoms with van der Waals surface area (Å²) in [5.74, 6) is 0.258. The second-order valence-electron chi connectivity index (χ2n) is 6.55. The van der Waals surface area contributed by atoms with Crippen molar-refractivity contribution in [3.05, 3.63) is 102 Å². The minimum atomic E-state index is -1.32. The second-order valence-corrected chi connectivity index (χ2v) is 6.55. The molecule has 0 spiro atoms. The van der Waals surface area contributed by atoms with Crippen molar-refractivity contribution in [1.82, 2.24) is 10.3 Å². The average Bonchev–Trinajstić information content (AvgIpc) is 3.04. The van der Waals surface area contributed by atoms with Crippen LogP contribution in [0, 0.1) is 0 Å².